The average Bonchev–Trinajstić information content (AvgIpc) is 3.19. The number of hydrogen-bond acceptors (Lipinski definition) is 2. The standard InChI is InChI=1S/C24H17N3/c1-4-10-18(11-5-1)21-17-25-27-23(20-14-8-3-9-15-20)16-22(26-24(21)27)19-12-6-2-7-13-19/h1-17H. The summed E-state index contributed by atoms with van der Waals surface area (Å²) >= 11 is 0. The molecule has 0 fully saturated rings. The SMILES string of the molecule is c1ccc(-c2cc(-c3ccccc3)n3ncc(-c4ccccc4)c3n2)cc1. The Hall–Kier alpha value is -3.72. The van der Waals surface area contributed by atoms with E-state index in [0.29, 0.717) is 0 Å². The smallest absolute Gasteiger partial charge is 0.164 e. The maximum atomic E-state index is 4.97. The molecule has 0 radical (unpaired) electrons. The summed E-state index contributed by atoms with van der Waals surface area (Å²) in [6.45, 7) is 0. The van der Waals surface area contributed by atoms with Crippen molar-refractivity contribution in [2.75, 3.05) is 0 Å². The van der Waals surface area contributed by atoms with Crippen LogP contribution in [0.5, 0.6) is 0 Å². The van der Waals surface area contributed by atoms with Gasteiger partial charge in [-0.3, -0.25) is 0 Å². The normalized spacial score (nSPS) is 11.0. The van der Waals surface area contributed by atoms with Gasteiger partial charge in [-0.2, -0.15) is 5.10 Å². The Labute approximate surface area is 157 Å². The van der Waals surface area contributed by atoms with Crippen LogP contribution in [0.1, 0.15) is 0 Å². The van der Waals surface area contributed by atoms with Crippen molar-refractivity contribution in [3.63, 3.8) is 0 Å². The van der Waals surface area contributed by atoms with Crippen molar-refractivity contribution < 1.29 is 0 Å². The molecule has 0 saturated carbocycles. The lowest BCUT2D eigenvalue weighted by atomic mass is 10.1. The third-order valence-electron chi connectivity index (χ3n) is 4.70. The summed E-state index contributed by atoms with van der Waals surface area (Å²) in [5.74, 6) is 0. The molecule has 27 heavy (non-hydrogen) atoms. The Balaban J connectivity index is 1.82. The third kappa shape index (κ3) is 2.79. The van der Waals surface area contributed by atoms with Crippen LogP contribution in [0.15, 0.2) is 103 Å². The number of aromatic nitrogens is 3. The number of benzene rings is 3. The van der Waals surface area contributed by atoms with E-state index in [1.807, 2.05) is 65.3 Å². The van der Waals surface area contributed by atoms with Crippen LogP contribution < -0.4 is 0 Å². The van der Waals surface area contributed by atoms with Gasteiger partial charge in [-0.25, -0.2) is 9.50 Å². The van der Waals surface area contributed by atoms with Crippen molar-refractivity contribution in [3.05, 3.63) is 103 Å². The molecule has 2 aromatic heterocycles. The van der Waals surface area contributed by atoms with Crippen molar-refractivity contribution in [3.8, 4) is 33.6 Å². The summed E-state index contributed by atoms with van der Waals surface area (Å²) in [4.78, 5) is 4.97. The zero-order chi connectivity index (χ0) is 18.1. The van der Waals surface area contributed by atoms with Gasteiger partial charge in [0.25, 0.3) is 0 Å². The van der Waals surface area contributed by atoms with Gasteiger partial charge in [-0.15, -0.1) is 0 Å². The Morgan fingerprint density at radius 1 is 0.593 bits per heavy atom. The average molecular weight is 347 g/mol. The fourth-order valence-corrected chi connectivity index (χ4v) is 3.36. The first-order chi connectivity index (χ1) is 13.4. The van der Waals surface area contributed by atoms with Crippen LogP contribution >= 0.6 is 0 Å². The van der Waals surface area contributed by atoms with E-state index in [0.717, 1.165) is 39.3 Å². The lowest BCUT2D eigenvalue weighted by Crippen LogP contribution is -1.98. The molecular weight excluding hydrogens is 330 g/mol. The molecule has 0 bridgehead atoms. The monoisotopic (exact) mass is 347 g/mol. The first-order valence-corrected chi connectivity index (χ1v) is 8.95. The topological polar surface area (TPSA) is 30.2 Å². The van der Waals surface area contributed by atoms with Crippen molar-refractivity contribution in [2.45, 2.75) is 0 Å². The van der Waals surface area contributed by atoms with Gasteiger partial charge in [0.05, 0.1) is 17.6 Å². The third-order valence-corrected chi connectivity index (χ3v) is 4.70. The van der Waals surface area contributed by atoms with Crippen molar-refractivity contribution in [1.82, 2.24) is 14.6 Å². The number of rotatable bonds is 3. The van der Waals surface area contributed by atoms with E-state index in [1.54, 1.807) is 0 Å². The Bertz CT molecular complexity index is 1190. The summed E-state index contributed by atoms with van der Waals surface area (Å²) in [5.41, 5.74) is 7.19. The second-order valence-corrected chi connectivity index (χ2v) is 6.42. The van der Waals surface area contributed by atoms with E-state index in [4.69, 9.17) is 4.98 Å². The zero-order valence-corrected chi connectivity index (χ0v) is 14.7. The molecule has 3 heteroatoms. The fraction of sp³-hybridized carbons (Fsp3) is 0. The first kappa shape index (κ1) is 15.5. The minimum atomic E-state index is 0.862. The molecule has 5 rings (SSSR count). The molecule has 0 amide bonds. The van der Waals surface area contributed by atoms with Gasteiger partial charge in [0, 0.05) is 16.7 Å². The highest BCUT2D eigenvalue weighted by Crippen LogP contribution is 2.30. The predicted octanol–water partition coefficient (Wildman–Crippen LogP) is 5.73. The zero-order valence-electron chi connectivity index (χ0n) is 14.7. The quantitative estimate of drug-likeness (QED) is 0.417. The van der Waals surface area contributed by atoms with E-state index in [-0.39, 0.29) is 0 Å². The summed E-state index contributed by atoms with van der Waals surface area (Å²) in [6.07, 6.45) is 1.90. The molecule has 3 aromatic carbocycles. The molecule has 0 N–H and O–H groups in total. The maximum absolute atomic E-state index is 4.97. The molecule has 0 aliphatic rings. The van der Waals surface area contributed by atoms with Gasteiger partial charge >= 0.3 is 0 Å². The van der Waals surface area contributed by atoms with Crippen LogP contribution in [0.4, 0.5) is 0 Å². The number of nitrogens with zero attached hydrogens (tertiary/aromatic N) is 3. The second-order valence-electron chi connectivity index (χ2n) is 6.42. The van der Waals surface area contributed by atoms with Crippen LogP contribution in [0.25, 0.3) is 39.3 Å². The largest absolute Gasteiger partial charge is 0.228 e. The van der Waals surface area contributed by atoms with Crippen LogP contribution in [-0.4, -0.2) is 14.6 Å². The van der Waals surface area contributed by atoms with Crippen LogP contribution in [0, 0.1) is 0 Å². The van der Waals surface area contributed by atoms with Gasteiger partial charge in [0.2, 0.25) is 0 Å². The van der Waals surface area contributed by atoms with E-state index < -0.39 is 0 Å². The van der Waals surface area contributed by atoms with E-state index >= 15 is 0 Å². The molecule has 0 unspecified atom stereocenters. The van der Waals surface area contributed by atoms with Crippen molar-refractivity contribution >= 4 is 5.65 Å². The van der Waals surface area contributed by atoms with Crippen LogP contribution in [0.2, 0.25) is 0 Å². The molecule has 5 aromatic rings. The number of fused-ring (bicyclic) bond motifs is 1. The molecule has 0 aliphatic heterocycles. The maximum Gasteiger partial charge on any atom is 0.164 e. The summed E-state index contributed by atoms with van der Waals surface area (Å²) in [6, 6.07) is 33.0. The minimum absolute atomic E-state index is 0.862. The Kier molecular flexibility index (Phi) is 3.76. The molecule has 0 atom stereocenters. The second kappa shape index (κ2) is 6.54. The fourth-order valence-electron chi connectivity index (χ4n) is 3.36. The summed E-state index contributed by atoms with van der Waals surface area (Å²) in [7, 11) is 0. The Morgan fingerprint density at radius 3 is 1.78 bits per heavy atom. The Morgan fingerprint density at radius 2 is 1.15 bits per heavy atom. The molecule has 0 spiro atoms. The van der Waals surface area contributed by atoms with Gasteiger partial charge in [-0.1, -0.05) is 91.0 Å². The van der Waals surface area contributed by atoms with Gasteiger partial charge in [0.15, 0.2) is 5.65 Å². The summed E-state index contributed by atoms with van der Waals surface area (Å²) in [5, 5.41) is 4.66. The highest BCUT2D eigenvalue weighted by molar-refractivity contribution is 5.81. The van der Waals surface area contributed by atoms with Gasteiger partial charge in [0.1, 0.15) is 0 Å². The van der Waals surface area contributed by atoms with E-state index in [9.17, 15) is 0 Å². The first-order valence-electron chi connectivity index (χ1n) is 8.95. The highest BCUT2D eigenvalue weighted by atomic mass is 15.3. The minimum Gasteiger partial charge on any atom is -0.228 e. The highest BCUT2D eigenvalue weighted by Gasteiger charge is 2.14. The molecule has 128 valence electrons. The lowest BCUT2D eigenvalue weighted by molar-refractivity contribution is 0.949. The van der Waals surface area contributed by atoms with E-state index in [1.165, 1.54) is 0 Å². The number of hydrogen-bond donors (Lipinski definition) is 0. The van der Waals surface area contributed by atoms with Gasteiger partial charge < -0.3 is 0 Å². The van der Waals surface area contributed by atoms with Crippen molar-refractivity contribution in [2.24, 2.45) is 0 Å². The van der Waals surface area contributed by atoms with Gasteiger partial charge in [-0.05, 0) is 11.6 Å². The van der Waals surface area contributed by atoms with Crippen LogP contribution in [0.3, 0.4) is 0 Å². The lowest BCUT2D eigenvalue weighted by Gasteiger charge is -2.09. The molecule has 0 aliphatic carbocycles. The van der Waals surface area contributed by atoms with E-state index in [2.05, 4.69) is 47.6 Å². The molecular formula is C24H17N3. The van der Waals surface area contributed by atoms with Crippen LogP contribution in [-0.2, 0) is 0 Å². The van der Waals surface area contributed by atoms with Crippen molar-refractivity contribution in [1.29, 1.82) is 0 Å². The summed E-state index contributed by atoms with van der Waals surface area (Å²) < 4.78 is 1.93. The molecule has 3 nitrogen and oxygen atoms in total. The molecule has 0 saturated heterocycles. The molecule has 2 heterocycles. The predicted molar refractivity (Wildman–Crippen MR) is 109 cm³/mol.